The van der Waals surface area contributed by atoms with Crippen LogP contribution in [0.25, 0.3) is 0 Å². The van der Waals surface area contributed by atoms with Gasteiger partial charge in [-0.3, -0.25) is 4.68 Å². The first-order chi connectivity index (χ1) is 8.56. The van der Waals surface area contributed by atoms with E-state index >= 15 is 0 Å². The van der Waals surface area contributed by atoms with Crippen LogP contribution in [0.1, 0.15) is 40.2 Å². The topological polar surface area (TPSA) is 33.1 Å². The van der Waals surface area contributed by atoms with E-state index in [0.29, 0.717) is 12.1 Å². The highest BCUT2D eigenvalue weighted by Crippen LogP contribution is 2.23. The molecule has 0 radical (unpaired) electrons. The summed E-state index contributed by atoms with van der Waals surface area (Å²) in [6, 6.07) is 1.03. The van der Waals surface area contributed by atoms with Crippen LogP contribution in [0, 0.1) is 5.92 Å². The highest BCUT2D eigenvalue weighted by molar-refractivity contribution is 5.43. The average molecular weight is 250 g/mol. The molecule has 1 aliphatic heterocycles. The van der Waals surface area contributed by atoms with Crippen LogP contribution in [0.2, 0.25) is 0 Å². The van der Waals surface area contributed by atoms with Gasteiger partial charge in [0, 0.05) is 31.4 Å². The molecule has 4 heteroatoms. The molecule has 1 atom stereocenters. The van der Waals surface area contributed by atoms with Gasteiger partial charge in [0.2, 0.25) is 0 Å². The monoisotopic (exact) mass is 250 g/mol. The summed E-state index contributed by atoms with van der Waals surface area (Å²) in [5.74, 6) is 0.773. The molecule has 2 heterocycles. The zero-order chi connectivity index (χ0) is 13.1. The maximum atomic E-state index is 4.42. The second-order valence-electron chi connectivity index (χ2n) is 5.94. The Bertz CT molecular complexity index is 370. The number of hydrogen-bond donors (Lipinski definition) is 1. The lowest BCUT2D eigenvalue weighted by molar-refractivity contribution is 0.480. The van der Waals surface area contributed by atoms with Crippen molar-refractivity contribution in [2.24, 2.45) is 5.92 Å². The van der Waals surface area contributed by atoms with Gasteiger partial charge < -0.3 is 10.2 Å². The van der Waals surface area contributed by atoms with Crippen molar-refractivity contribution >= 4 is 5.69 Å². The van der Waals surface area contributed by atoms with Gasteiger partial charge >= 0.3 is 0 Å². The number of aromatic nitrogens is 2. The summed E-state index contributed by atoms with van der Waals surface area (Å²) in [4.78, 5) is 2.46. The molecule has 0 aromatic carbocycles. The summed E-state index contributed by atoms with van der Waals surface area (Å²) in [7, 11) is 0. The molecule has 1 aromatic rings. The minimum absolute atomic E-state index is 0.444. The largest absolute Gasteiger partial charge is 0.369 e. The van der Waals surface area contributed by atoms with Gasteiger partial charge in [-0.1, -0.05) is 13.8 Å². The summed E-state index contributed by atoms with van der Waals surface area (Å²) in [5.41, 5.74) is 1.27. The summed E-state index contributed by atoms with van der Waals surface area (Å²) in [6.45, 7) is 12.2. The van der Waals surface area contributed by atoms with E-state index < -0.39 is 0 Å². The molecule has 1 N–H and O–H groups in total. The molecule has 0 bridgehead atoms. The minimum atomic E-state index is 0.444. The van der Waals surface area contributed by atoms with Gasteiger partial charge in [-0.2, -0.15) is 5.10 Å². The predicted molar refractivity (Wildman–Crippen MR) is 76.1 cm³/mol. The van der Waals surface area contributed by atoms with Crippen LogP contribution >= 0.6 is 0 Å². The molecule has 0 saturated carbocycles. The van der Waals surface area contributed by atoms with E-state index in [2.05, 4.69) is 49.2 Å². The van der Waals surface area contributed by atoms with E-state index in [0.717, 1.165) is 25.6 Å². The Labute approximate surface area is 110 Å². The first-order valence-electron chi connectivity index (χ1n) is 7.08. The fourth-order valence-corrected chi connectivity index (χ4v) is 2.41. The maximum Gasteiger partial charge on any atom is 0.0752 e. The number of rotatable bonds is 5. The van der Waals surface area contributed by atoms with Crippen LogP contribution in [0.4, 0.5) is 5.69 Å². The average Bonchev–Trinajstić information content (AvgIpc) is 2.95. The highest BCUT2D eigenvalue weighted by Gasteiger charge is 2.23. The Kier molecular flexibility index (Phi) is 4.27. The molecular formula is C14H26N4. The van der Waals surface area contributed by atoms with Gasteiger partial charge in [0.05, 0.1) is 11.9 Å². The lowest BCUT2D eigenvalue weighted by Gasteiger charge is -2.17. The molecule has 4 nitrogen and oxygen atoms in total. The smallest absolute Gasteiger partial charge is 0.0752 e. The van der Waals surface area contributed by atoms with Crippen molar-refractivity contribution in [3.05, 3.63) is 12.4 Å². The maximum absolute atomic E-state index is 4.42. The van der Waals surface area contributed by atoms with Gasteiger partial charge in [0.1, 0.15) is 0 Å². The SMILES string of the molecule is CC(C)NCC1CCN(c2cnn(C(C)C)c2)C1. The highest BCUT2D eigenvalue weighted by atomic mass is 15.3. The molecule has 1 unspecified atom stereocenters. The van der Waals surface area contributed by atoms with Crippen molar-refractivity contribution in [3.63, 3.8) is 0 Å². The molecule has 2 rings (SSSR count). The second-order valence-corrected chi connectivity index (χ2v) is 5.94. The fourth-order valence-electron chi connectivity index (χ4n) is 2.41. The molecule has 0 aliphatic carbocycles. The molecule has 1 fully saturated rings. The van der Waals surface area contributed by atoms with Crippen molar-refractivity contribution in [1.29, 1.82) is 0 Å². The van der Waals surface area contributed by atoms with Crippen molar-refractivity contribution in [2.75, 3.05) is 24.5 Å². The molecule has 1 aromatic heterocycles. The normalized spacial score (nSPS) is 20.3. The van der Waals surface area contributed by atoms with E-state index in [1.807, 2.05) is 10.9 Å². The molecule has 0 spiro atoms. The van der Waals surface area contributed by atoms with Gasteiger partial charge in [0.15, 0.2) is 0 Å². The van der Waals surface area contributed by atoms with E-state index in [9.17, 15) is 0 Å². The van der Waals surface area contributed by atoms with Crippen molar-refractivity contribution < 1.29 is 0 Å². The van der Waals surface area contributed by atoms with Crippen LogP contribution in [0.3, 0.4) is 0 Å². The molecule has 1 saturated heterocycles. The quantitative estimate of drug-likeness (QED) is 0.870. The fraction of sp³-hybridized carbons (Fsp3) is 0.786. The zero-order valence-corrected chi connectivity index (χ0v) is 12.1. The lowest BCUT2D eigenvalue weighted by atomic mass is 10.1. The number of nitrogens with zero attached hydrogens (tertiary/aromatic N) is 3. The number of hydrogen-bond acceptors (Lipinski definition) is 3. The Morgan fingerprint density at radius 1 is 1.39 bits per heavy atom. The van der Waals surface area contributed by atoms with Crippen LogP contribution in [0.5, 0.6) is 0 Å². The molecule has 0 amide bonds. The first-order valence-corrected chi connectivity index (χ1v) is 7.08. The van der Waals surface area contributed by atoms with Gasteiger partial charge in [-0.05, 0) is 32.7 Å². The van der Waals surface area contributed by atoms with Crippen molar-refractivity contribution in [1.82, 2.24) is 15.1 Å². The third-order valence-electron chi connectivity index (χ3n) is 3.58. The number of nitrogens with one attached hydrogen (secondary N) is 1. The Morgan fingerprint density at radius 2 is 2.17 bits per heavy atom. The van der Waals surface area contributed by atoms with Crippen molar-refractivity contribution in [3.8, 4) is 0 Å². The van der Waals surface area contributed by atoms with Gasteiger partial charge in [-0.15, -0.1) is 0 Å². The Hall–Kier alpha value is -1.03. The molecule has 1 aliphatic rings. The van der Waals surface area contributed by atoms with E-state index in [1.54, 1.807) is 0 Å². The van der Waals surface area contributed by atoms with Crippen LogP contribution in [-0.2, 0) is 0 Å². The summed E-state index contributed by atoms with van der Waals surface area (Å²) in [5, 5.41) is 7.95. The van der Waals surface area contributed by atoms with Crippen LogP contribution in [0.15, 0.2) is 12.4 Å². The third kappa shape index (κ3) is 3.25. The standard InChI is InChI=1S/C14H26N4/c1-11(2)15-7-13-5-6-17(9-13)14-8-16-18(10-14)12(3)4/h8,10-13,15H,5-7,9H2,1-4H3. The Balaban J connectivity index is 1.87. The third-order valence-corrected chi connectivity index (χ3v) is 3.58. The van der Waals surface area contributed by atoms with Crippen LogP contribution in [-0.4, -0.2) is 35.5 Å². The number of anilines is 1. The molecular weight excluding hydrogens is 224 g/mol. The van der Waals surface area contributed by atoms with E-state index in [4.69, 9.17) is 0 Å². The lowest BCUT2D eigenvalue weighted by Crippen LogP contribution is -2.30. The van der Waals surface area contributed by atoms with E-state index in [-0.39, 0.29) is 0 Å². The summed E-state index contributed by atoms with van der Waals surface area (Å²) < 4.78 is 2.04. The van der Waals surface area contributed by atoms with Crippen LogP contribution < -0.4 is 10.2 Å². The first kappa shape index (κ1) is 13.4. The zero-order valence-electron chi connectivity index (χ0n) is 12.1. The Morgan fingerprint density at radius 3 is 2.78 bits per heavy atom. The minimum Gasteiger partial charge on any atom is -0.369 e. The van der Waals surface area contributed by atoms with Crippen molar-refractivity contribution in [2.45, 2.75) is 46.2 Å². The summed E-state index contributed by atoms with van der Waals surface area (Å²) >= 11 is 0. The van der Waals surface area contributed by atoms with Gasteiger partial charge in [-0.25, -0.2) is 0 Å². The van der Waals surface area contributed by atoms with Gasteiger partial charge in [0.25, 0.3) is 0 Å². The molecule has 18 heavy (non-hydrogen) atoms. The predicted octanol–water partition coefficient (Wildman–Crippen LogP) is 2.29. The second kappa shape index (κ2) is 5.74. The summed E-state index contributed by atoms with van der Waals surface area (Å²) in [6.07, 6.45) is 5.45. The van der Waals surface area contributed by atoms with E-state index in [1.165, 1.54) is 12.1 Å². The molecule has 102 valence electrons.